The Morgan fingerprint density at radius 2 is 1.76 bits per heavy atom. The molecule has 0 atom stereocenters. The third-order valence-corrected chi connectivity index (χ3v) is 2.92. The smallest absolute Gasteiger partial charge is 0.255 e. The molecule has 2 aromatic carbocycles. The van der Waals surface area contributed by atoms with E-state index in [2.05, 4.69) is 15.5 Å². The van der Waals surface area contributed by atoms with Gasteiger partial charge in [-0.3, -0.25) is 4.79 Å². The van der Waals surface area contributed by atoms with Crippen molar-refractivity contribution in [2.45, 2.75) is 0 Å². The van der Waals surface area contributed by atoms with E-state index in [9.17, 15) is 4.79 Å². The van der Waals surface area contributed by atoms with Gasteiger partial charge in [0.1, 0.15) is 0 Å². The molecule has 0 aliphatic rings. The van der Waals surface area contributed by atoms with Crippen LogP contribution >= 0.6 is 0 Å². The molecule has 0 aliphatic heterocycles. The zero-order valence-electron chi connectivity index (χ0n) is 11.1. The summed E-state index contributed by atoms with van der Waals surface area (Å²) in [7, 11) is 0. The topological polar surface area (TPSA) is 85.8 Å². The summed E-state index contributed by atoms with van der Waals surface area (Å²) in [6.07, 6.45) is 3.21. The molecule has 0 unspecified atom stereocenters. The van der Waals surface area contributed by atoms with Gasteiger partial charge in [-0.05, 0) is 42.5 Å². The van der Waals surface area contributed by atoms with Crippen molar-refractivity contribution < 1.29 is 4.79 Å². The SMILES string of the molecule is Nc1cccc(C(=O)Nc2ccc(-n3nccn3)cc2)c1. The fraction of sp³-hybridized carbons (Fsp3) is 0. The predicted octanol–water partition coefficient (Wildman–Crippen LogP) is 2.10. The van der Waals surface area contributed by atoms with E-state index < -0.39 is 0 Å². The number of amides is 1. The Bertz CT molecular complexity index is 750. The Hall–Kier alpha value is -3.15. The van der Waals surface area contributed by atoms with Gasteiger partial charge in [-0.15, -0.1) is 0 Å². The minimum Gasteiger partial charge on any atom is -0.399 e. The molecule has 0 bridgehead atoms. The molecule has 1 aromatic heterocycles. The molecule has 6 heteroatoms. The van der Waals surface area contributed by atoms with Gasteiger partial charge < -0.3 is 11.1 Å². The van der Waals surface area contributed by atoms with Crippen LogP contribution in [0.2, 0.25) is 0 Å². The van der Waals surface area contributed by atoms with Crippen molar-refractivity contribution in [1.29, 1.82) is 0 Å². The summed E-state index contributed by atoms with van der Waals surface area (Å²) in [6, 6.07) is 14.1. The number of carbonyl (C=O) groups is 1. The fourth-order valence-corrected chi connectivity index (χ4v) is 1.91. The number of hydrogen-bond acceptors (Lipinski definition) is 4. The van der Waals surface area contributed by atoms with Crippen LogP contribution in [0.15, 0.2) is 60.9 Å². The molecule has 6 nitrogen and oxygen atoms in total. The van der Waals surface area contributed by atoms with Crippen LogP contribution in [0.3, 0.4) is 0 Å². The maximum Gasteiger partial charge on any atom is 0.255 e. The number of nitrogens with one attached hydrogen (secondary N) is 1. The van der Waals surface area contributed by atoms with Crippen LogP contribution in [0.4, 0.5) is 11.4 Å². The zero-order valence-corrected chi connectivity index (χ0v) is 11.1. The van der Waals surface area contributed by atoms with Crippen molar-refractivity contribution in [2.24, 2.45) is 0 Å². The highest BCUT2D eigenvalue weighted by atomic mass is 16.1. The molecule has 3 N–H and O–H groups in total. The molecule has 0 fully saturated rings. The normalized spacial score (nSPS) is 10.3. The van der Waals surface area contributed by atoms with Crippen molar-refractivity contribution in [2.75, 3.05) is 11.1 Å². The van der Waals surface area contributed by atoms with E-state index in [-0.39, 0.29) is 5.91 Å². The summed E-state index contributed by atoms with van der Waals surface area (Å²) in [5, 5.41) is 10.9. The number of nitrogen functional groups attached to an aromatic ring is 1. The molecule has 1 amide bonds. The van der Waals surface area contributed by atoms with E-state index in [1.165, 1.54) is 4.80 Å². The number of aromatic nitrogens is 3. The van der Waals surface area contributed by atoms with E-state index in [0.29, 0.717) is 16.9 Å². The van der Waals surface area contributed by atoms with E-state index in [4.69, 9.17) is 5.73 Å². The lowest BCUT2D eigenvalue weighted by Gasteiger charge is -2.07. The Morgan fingerprint density at radius 3 is 2.43 bits per heavy atom. The van der Waals surface area contributed by atoms with Crippen LogP contribution < -0.4 is 11.1 Å². The van der Waals surface area contributed by atoms with E-state index in [1.54, 1.807) is 48.8 Å². The van der Waals surface area contributed by atoms with E-state index >= 15 is 0 Å². The average molecular weight is 279 g/mol. The highest BCUT2D eigenvalue weighted by Gasteiger charge is 2.06. The molecule has 3 aromatic rings. The number of hydrogen-bond donors (Lipinski definition) is 2. The Morgan fingerprint density at radius 1 is 1.05 bits per heavy atom. The third-order valence-electron chi connectivity index (χ3n) is 2.92. The molecular weight excluding hydrogens is 266 g/mol. The fourth-order valence-electron chi connectivity index (χ4n) is 1.91. The largest absolute Gasteiger partial charge is 0.399 e. The minimum atomic E-state index is -0.202. The lowest BCUT2D eigenvalue weighted by Crippen LogP contribution is -2.12. The van der Waals surface area contributed by atoms with Crippen LogP contribution in [-0.2, 0) is 0 Å². The van der Waals surface area contributed by atoms with Crippen molar-refractivity contribution in [3.05, 3.63) is 66.5 Å². The highest BCUT2D eigenvalue weighted by molar-refractivity contribution is 6.04. The van der Waals surface area contributed by atoms with E-state index in [0.717, 1.165) is 5.69 Å². The van der Waals surface area contributed by atoms with Crippen LogP contribution in [0, 0.1) is 0 Å². The third kappa shape index (κ3) is 2.89. The van der Waals surface area contributed by atoms with Crippen LogP contribution in [0.1, 0.15) is 10.4 Å². The molecular formula is C15H13N5O. The van der Waals surface area contributed by atoms with E-state index in [1.807, 2.05) is 12.1 Å². The van der Waals surface area contributed by atoms with Crippen molar-refractivity contribution in [3.8, 4) is 5.69 Å². The molecule has 0 radical (unpaired) electrons. The number of benzene rings is 2. The van der Waals surface area contributed by atoms with Gasteiger partial charge in [-0.2, -0.15) is 15.0 Å². The van der Waals surface area contributed by atoms with Gasteiger partial charge in [-0.25, -0.2) is 0 Å². The van der Waals surface area contributed by atoms with Crippen LogP contribution in [0.5, 0.6) is 0 Å². The van der Waals surface area contributed by atoms with Gasteiger partial charge in [-0.1, -0.05) is 6.07 Å². The quantitative estimate of drug-likeness (QED) is 0.719. The first-order valence-electron chi connectivity index (χ1n) is 6.36. The summed E-state index contributed by atoms with van der Waals surface area (Å²) < 4.78 is 0. The number of anilines is 2. The first kappa shape index (κ1) is 12.9. The Labute approximate surface area is 121 Å². The van der Waals surface area contributed by atoms with Gasteiger partial charge in [0.05, 0.1) is 18.1 Å². The second-order valence-electron chi connectivity index (χ2n) is 4.44. The summed E-state index contributed by atoms with van der Waals surface area (Å²) in [5.41, 5.74) is 8.26. The van der Waals surface area contributed by atoms with Crippen LogP contribution in [0.25, 0.3) is 5.69 Å². The first-order valence-corrected chi connectivity index (χ1v) is 6.36. The summed E-state index contributed by atoms with van der Waals surface area (Å²) >= 11 is 0. The molecule has 0 spiro atoms. The first-order chi connectivity index (χ1) is 10.2. The highest BCUT2D eigenvalue weighted by Crippen LogP contribution is 2.14. The second-order valence-corrected chi connectivity index (χ2v) is 4.44. The number of carbonyl (C=O) groups excluding carboxylic acids is 1. The molecule has 3 rings (SSSR count). The Kier molecular flexibility index (Phi) is 3.34. The minimum absolute atomic E-state index is 0.202. The zero-order chi connectivity index (χ0) is 14.7. The van der Waals surface area contributed by atoms with Gasteiger partial charge >= 0.3 is 0 Å². The lowest BCUT2D eigenvalue weighted by atomic mass is 10.2. The maximum absolute atomic E-state index is 12.1. The summed E-state index contributed by atoms with van der Waals surface area (Å²) in [6.45, 7) is 0. The molecule has 21 heavy (non-hydrogen) atoms. The lowest BCUT2D eigenvalue weighted by molar-refractivity contribution is 0.102. The molecule has 0 saturated heterocycles. The molecule has 1 heterocycles. The second kappa shape index (κ2) is 5.46. The number of nitrogens with zero attached hydrogens (tertiary/aromatic N) is 3. The monoisotopic (exact) mass is 279 g/mol. The van der Waals surface area contributed by atoms with Gasteiger partial charge in [0.25, 0.3) is 5.91 Å². The van der Waals surface area contributed by atoms with Gasteiger partial charge in [0.2, 0.25) is 0 Å². The van der Waals surface area contributed by atoms with Crippen molar-refractivity contribution in [3.63, 3.8) is 0 Å². The number of rotatable bonds is 3. The van der Waals surface area contributed by atoms with Gasteiger partial charge in [0.15, 0.2) is 0 Å². The molecule has 0 saturated carbocycles. The van der Waals surface area contributed by atoms with Crippen molar-refractivity contribution in [1.82, 2.24) is 15.0 Å². The summed E-state index contributed by atoms with van der Waals surface area (Å²) in [5.74, 6) is -0.202. The van der Waals surface area contributed by atoms with Crippen LogP contribution in [-0.4, -0.2) is 20.9 Å². The van der Waals surface area contributed by atoms with Crippen molar-refractivity contribution >= 4 is 17.3 Å². The maximum atomic E-state index is 12.1. The predicted molar refractivity (Wildman–Crippen MR) is 80.2 cm³/mol. The average Bonchev–Trinajstić information content (AvgIpc) is 3.02. The summed E-state index contributed by atoms with van der Waals surface area (Å²) in [4.78, 5) is 13.6. The molecule has 104 valence electrons. The standard InChI is InChI=1S/C15H13N5O/c16-12-3-1-2-11(10-12)15(21)19-13-4-6-14(7-5-13)20-17-8-9-18-20/h1-10H,16H2,(H,19,21). The Balaban J connectivity index is 1.75. The number of nitrogens with two attached hydrogens (primary N) is 1. The molecule has 0 aliphatic carbocycles. The van der Waals surface area contributed by atoms with Gasteiger partial charge in [0, 0.05) is 16.9 Å².